The maximum atomic E-state index is 11.2. The monoisotopic (exact) mass is 267 g/mol. The number of primary amides is 1. The number of carbonyl (C=O) groups is 1. The van der Waals surface area contributed by atoms with Crippen LogP contribution < -0.4 is 5.73 Å². The molecule has 0 aromatic carbocycles. The first-order valence-corrected chi connectivity index (χ1v) is 8.14. The van der Waals surface area contributed by atoms with Crippen molar-refractivity contribution < 1.29 is 4.79 Å². The van der Waals surface area contributed by atoms with E-state index < -0.39 is 0 Å². The van der Waals surface area contributed by atoms with E-state index >= 15 is 0 Å². The highest BCUT2D eigenvalue weighted by molar-refractivity contribution is 5.78. The summed E-state index contributed by atoms with van der Waals surface area (Å²) >= 11 is 0. The second-order valence-electron chi connectivity index (χ2n) is 5.51. The van der Waals surface area contributed by atoms with Gasteiger partial charge in [0, 0.05) is 0 Å². The van der Waals surface area contributed by atoms with Gasteiger partial charge in [-0.25, -0.2) is 0 Å². The molecule has 0 aliphatic carbocycles. The molecule has 0 saturated carbocycles. The van der Waals surface area contributed by atoms with Crippen molar-refractivity contribution in [1.29, 1.82) is 0 Å². The molecular formula is C17H33NO. The summed E-state index contributed by atoms with van der Waals surface area (Å²) in [5.41, 5.74) is 5.35. The molecule has 2 N–H and O–H groups in total. The van der Waals surface area contributed by atoms with Crippen LogP contribution >= 0.6 is 0 Å². The van der Waals surface area contributed by atoms with Crippen LogP contribution in [0.1, 0.15) is 84.5 Å². The van der Waals surface area contributed by atoms with E-state index in [1.165, 1.54) is 57.8 Å². The van der Waals surface area contributed by atoms with Gasteiger partial charge in [0.05, 0.1) is 5.92 Å². The highest BCUT2D eigenvalue weighted by Gasteiger charge is 2.09. The van der Waals surface area contributed by atoms with Gasteiger partial charge in [-0.05, 0) is 13.3 Å². The summed E-state index contributed by atoms with van der Waals surface area (Å²) < 4.78 is 0. The summed E-state index contributed by atoms with van der Waals surface area (Å²) in [4.78, 5) is 11.2. The Morgan fingerprint density at radius 1 is 0.947 bits per heavy atom. The molecule has 112 valence electrons. The summed E-state index contributed by atoms with van der Waals surface area (Å²) in [6.45, 7) is 4.20. The lowest BCUT2D eigenvalue weighted by Crippen LogP contribution is -2.21. The third-order valence-corrected chi connectivity index (χ3v) is 3.66. The van der Waals surface area contributed by atoms with E-state index in [-0.39, 0.29) is 11.8 Å². The van der Waals surface area contributed by atoms with Crippen LogP contribution in [0.4, 0.5) is 0 Å². The zero-order valence-corrected chi connectivity index (χ0v) is 13.0. The van der Waals surface area contributed by atoms with Crippen LogP contribution in [0.15, 0.2) is 12.2 Å². The van der Waals surface area contributed by atoms with Crippen LogP contribution in [0.25, 0.3) is 0 Å². The quantitative estimate of drug-likeness (QED) is 0.371. The molecule has 0 radical (unpaired) electrons. The lowest BCUT2D eigenvalue weighted by molar-refractivity contribution is -0.120. The number of allylic oxidation sites excluding steroid dienone is 1. The van der Waals surface area contributed by atoms with Crippen LogP contribution in [-0.4, -0.2) is 5.91 Å². The van der Waals surface area contributed by atoms with Crippen LogP contribution in [0.3, 0.4) is 0 Å². The fraction of sp³-hybridized carbons (Fsp3) is 0.824. The summed E-state index contributed by atoms with van der Waals surface area (Å²) in [6.07, 6.45) is 18.0. The van der Waals surface area contributed by atoms with Gasteiger partial charge in [-0.1, -0.05) is 83.3 Å². The smallest absolute Gasteiger partial charge is 0.224 e. The third-order valence-electron chi connectivity index (χ3n) is 3.66. The first kappa shape index (κ1) is 18.2. The number of hydrogen-bond acceptors (Lipinski definition) is 1. The van der Waals surface area contributed by atoms with E-state index in [0.29, 0.717) is 0 Å². The predicted octanol–water partition coefficient (Wildman–Crippen LogP) is 4.98. The van der Waals surface area contributed by atoms with Crippen LogP contribution in [0, 0.1) is 5.92 Å². The summed E-state index contributed by atoms with van der Waals surface area (Å²) in [6, 6.07) is 0. The van der Waals surface area contributed by atoms with Crippen LogP contribution in [0.2, 0.25) is 0 Å². The maximum absolute atomic E-state index is 11.2. The Hall–Kier alpha value is -0.790. The molecule has 0 spiro atoms. The molecule has 0 saturated heterocycles. The largest absolute Gasteiger partial charge is 0.369 e. The fourth-order valence-electron chi connectivity index (χ4n) is 2.42. The standard InChI is InChI=1S/C17H33NO/c1-3-5-6-7-8-9-10-11-12-13-15-16(14-4-2)17(18)19/h4,14,16H,3,5-13,15H2,1-2H3,(H2,18,19). The van der Waals surface area contributed by atoms with E-state index in [4.69, 9.17) is 5.73 Å². The molecule has 1 amide bonds. The van der Waals surface area contributed by atoms with Gasteiger partial charge >= 0.3 is 0 Å². The molecule has 0 aliphatic heterocycles. The van der Waals surface area contributed by atoms with E-state index in [0.717, 1.165) is 12.8 Å². The van der Waals surface area contributed by atoms with Crippen LogP contribution in [-0.2, 0) is 4.79 Å². The third kappa shape index (κ3) is 12.0. The van der Waals surface area contributed by atoms with E-state index in [2.05, 4.69) is 6.92 Å². The Morgan fingerprint density at radius 3 is 1.84 bits per heavy atom. The first-order chi connectivity index (χ1) is 9.22. The van der Waals surface area contributed by atoms with Gasteiger partial charge in [0.1, 0.15) is 0 Å². The minimum Gasteiger partial charge on any atom is -0.369 e. The molecule has 0 fully saturated rings. The zero-order chi connectivity index (χ0) is 14.3. The van der Waals surface area contributed by atoms with Crippen molar-refractivity contribution in [3.05, 3.63) is 12.2 Å². The lowest BCUT2D eigenvalue weighted by Gasteiger charge is -2.08. The second-order valence-corrected chi connectivity index (χ2v) is 5.51. The van der Waals surface area contributed by atoms with Crippen molar-refractivity contribution in [1.82, 2.24) is 0 Å². The molecule has 0 rings (SSSR count). The molecule has 2 heteroatoms. The van der Waals surface area contributed by atoms with Gasteiger partial charge in [-0.15, -0.1) is 0 Å². The van der Waals surface area contributed by atoms with Crippen molar-refractivity contribution in [3.8, 4) is 0 Å². The highest BCUT2D eigenvalue weighted by atomic mass is 16.1. The molecule has 0 aromatic heterocycles. The number of nitrogens with two attached hydrogens (primary N) is 1. The van der Waals surface area contributed by atoms with Crippen molar-refractivity contribution in [2.24, 2.45) is 11.7 Å². The van der Waals surface area contributed by atoms with Gasteiger partial charge < -0.3 is 5.73 Å². The fourth-order valence-corrected chi connectivity index (χ4v) is 2.42. The number of amides is 1. The van der Waals surface area contributed by atoms with E-state index in [1.807, 2.05) is 19.1 Å². The Labute approximate surface area is 119 Å². The van der Waals surface area contributed by atoms with Gasteiger partial charge in [0.2, 0.25) is 5.91 Å². The average molecular weight is 267 g/mol. The minimum absolute atomic E-state index is 0.0564. The van der Waals surface area contributed by atoms with Gasteiger partial charge in [-0.2, -0.15) is 0 Å². The Kier molecular flexibility index (Phi) is 13.1. The molecule has 0 aromatic rings. The van der Waals surface area contributed by atoms with Gasteiger partial charge in [-0.3, -0.25) is 4.79 Å². The molecule has 2 nitrogen and oxygen atoms in total. The number of rotatable bonds is 13. The van der Waals surface area contributed by atoms with Crippen LogP contribution in [0.5, 0.6) is 0 Å². The zero-order valence-electron chi connectivity index (χ0n) is 13.0. The lowest BCUT2D eigenvalue weighted by atomic mass is 9.99. The normalized spacial score (nSPS) is 12.9. The van der Waals surface area contributed by atoms with E-state index in [9.17, 15) is 4.79 Å². The minimum atomic E-state index is -0.186. The van der Waals surface area contributed by atoms with Crippen molar-refractivity contribution in [2.45, 2.75) is 84.5 Å². The molecule has 0 heterocycles. The first-order valence-electron chi connectivity index (χ1n) is 8.14. The van der Waals surface area contributed by atoms with E-state index in [1.54, 1.807) is 0 Å². The maximum Gasteiger partial charge on any atom is 0.224 e. The highest BCUT2D eigenvalue weighted by Crippen LogP contribution is 2.14. The molecule has 19 heavy (non-hydrogen) atoms. The molecule has 0 aliphatic rings. The molecule has 0 bridgehead atoms. The SMILES string of the molecule is CC=CC(CCCCCCCCCCCC)C(N)=O. The van der Waals surface area contributed by atoms with Crippen molar-refractivity contribution in [3.63, 3.8) is 0 Å². The molecule has 1 atom stereocenters. The number of hydrogen-bond donors (Lipinski definition) is 1. The van der Waals surface area contributed by atoms with Gasteiger partial charge in [0.15, 0.2) is 0 Å². The van der Waals surface area contributed by atoms with Gasteiger partial charge in [0.25, 0.3) is 0 Å². The van der Waals surface area contributed by atoms with Crippen molar-refractivity contribution >= 4 is 5.91 Å². The Bertz CT molecular complexity index is 235. The Morgan fingerprint density at radius 2 is 1.42 bits per heavy atom. The molecular weight excluding hydrogens is 234 g/mol. The Balaban J connectivity index is 3.32. The van der Waals surface area contributed by atoms with Crippen molar-refractivity contribution in [2.75, 3.05) is 0 Å². The topological polar surface area (TPSA) is 43.1 Å². The number of unbranched alkanes of at least 4 members (excludes halogenated alkanes) is 9. The second kappa shape index (κ2) is 13.6. The predicted molar refractivity (Wildman–Crippen MR) is 84.0 cm³/mol. The average Bonchev–Trinajstić information content (AvgIpc) is 2.39. The number of carbonyl (C=O) groups excluding carboxylic acids is 1. The molecule has 1 unspecified atom stereocenters. The summed E-state index contributed by atoms with van der Waals surface area (Å²) in [5.74, 6) is -0.243. The summed E-state index contributed by atoms with van der Waals surface area (Å²) in [5, 5.41) is 0. The summed E-state index contributed by atoms with van der Waals surface area (Å²) in [7, 11) is 0.